The van der Waals surface area contributed by atoms with Crippen molar-refractivity contribution in [2.75, 3.05) is 6.61 Å². The Kier molecular flexibility index (Phi) is 8.71. The molecule has 0 unspecified atom stereocenters. The van der Waals surface area contributed by atoms with Gasteiger partial charge in [-0.3, -0.25) is 0 Å². The summed E-state index contributed by atoms with van der Waals surface area (Å²) >= 11 is 2.36. The molecule has 0 bridgehead atoms. The molecule has 1 nitrogen and oxygen atoms in total. The fraction of sp³-hybridized carbons (Fsp3) is 0.600. The van der Waals surface area contributed by atoms with Crippen LogP contribution in [0, 0.1) is 3.57 Å². The van der Waals surface area contributed by atoms with Crippen LogP contribution in [-0.2, 0) is 11.3 Å². The molecule has 0 amide bonds. The van der Waals surface area contributed by atoms with Crippen LogP contribution in [0.3, 0.4) is 0 Å². The summed E-state index contributed by atoms with van der Waals surface area (Å²) in [5, 5.41) is 0. The number of benzene rings is 1. The second kappa shape index (κ2) is 9.89. The number of ether oxygens (including phenoxy) is 1. The minimum Gasteiger partial charge on any atom is -0.377 e. The molecule has 2 heteroatoms. The summed E-state index contributed by atoms with van der Waals surface area (Å²) in [6.07, 6.45) is 7.96. The van der Waals surface area contributed by atoms with Gasteiger partial charge in [0.05, 0.1) is 6.61 Å². The Morgan fingerprint density at radius 2 is 1.71 bits per heavy atom. The monoisotopic (exact) mass is 346 g/mol. The summed E-state index contributed by atoms with van der Waals surface area (Å²) in [6, 6.07) is 8.41. The molecule has 0 spiro atoms. The largest absolute Gasteiger partial charge is 0.377 e. The van der Waals surface area contributed by atoms with Crippen molar-refractivity contribution in [1.29, 1.82) is 0 Å². The minimum absolute atomic E-state index is 0.758. The predicted molar refractivity (Wildman–Crippen MR) is 82.2 cm³/mol. The van der Waals surface area contributed by atoms with E-state index in [0.717, 1.165) is 13.2 Å². The Morgan fingerprint density at radius 3 is 2.47 bits per heavy atom. The van der Waals surface area contributed by atoms with Gasteiger partial charge < -0.3 is 4.74 Å². The molecule has 0 atom stereocenters. The molecule has 96 valence electrons. The van der Waals surface area contributed by atoms with Crippen LogP contribution in [0.1, 0.15) is 51.0 Å². The molecule has 0 saturated heterocycles. The maximum absolute atomic E-state index is 5.70. The summed E-state index contributed by atoms with van der Waals surface area (Å²) < 4.78 is 7.00. The van der Waals surface area contributed by atoms with Gasteiger partial charge in [-0.1, -0.05) is 57.2 Å². The second-order valence-electron chi connectivity index (χ2n) is 4.41. The highest BCUT2D eigenvalue weighted by Crippen LogP contribution is 2.12. The van der Waals surface area contributed by atoms with Gasteiger partial charge in [0, 0.05) is 10.2 Å². The van der Waals surface area contributed by atoms with Crippen LogP contribution in [0.25, 0.3) is 0 Å². The second-order valence-corrected chi connectivity index (χ2v) is 5.57. The molecule has 0 fully saturated rings. The zero-order valence-electron chi connectivity index (χ0n) is 10.8. The van der Waals surface area contributed by atoms with Crippen LogP contribution in [-0.4, -0.2) is 6.61 Å². The normalized spacial score (nSPS) is 10.7. The standard InChI is InChI=1S/C15H23IO/c1-2-3-4-5-6-9-12-17-13-14-10-7-8-11-15(14)16/h7-8,10-11H,2-6,9,12-13H2,1H3. The molecule has 0 saturated carbocycles. The van der Waals surface area contributed by atoms with Gasteiger partial charge in [-0.15, -0.1) is 0 Å². The summed E-state index contributed by atoms with van der Waals surface area (Å²) in [5.41, 5.74) is 1.30. The molecule has 0 aliphatic heterocycles. The Balaban J connectivity index is 1.99. The molecule has 0 aliphatic carbocycles. The highest BCUT2D eigenvalue weighted by Gasteiger charge is 1.97. The molecular weight excluding hydrogens is 323 g/mol. The molecule has 1 rings (SSSR count). The SMILES string of the molecule is CCCCCCCCOCc1ccccc1I. The molecular formula is C15H23IO. The van der Waals surface area contributed by atoms with Gasteiger partial charge in [0.25, 0.3) is 0 Å². The molecule has 0 aromatic heterocycles. The van der Waals surface area contributed by atoms with Crippen LogP contribution < -0.4 is 0 Å². The first-order valence-corrected chi connectivity index (χ1v) is 7.73. The molecule has 1 aromatic carbocycles. The van der Waals surface area contributed by atoms with Crippen LogP contribution in [0.5, 0.6) is 0 Å². The molecule has 17 heavy (non-hydrogen) atoms. The van der Waals surface area contributed by atoms with Crippen molar-refractivity contribution in [1.82, 2.24) is 0 Å². The Labute approximate surface area is 119 Å². The van der Waals surface area contributed by atoms with Crippen LogP contribution in [0.4, 0.5) is 0 Å². The average molecular weight is 346 g/mol. The Morgan fingerprint density at radius 1 is 1.00 bits per heavy atom. The third kappa shape index (κ3) is 7.04. The van der Waals surface area contributed by atoms with Crippen molar-refractivity contribution >= 4 is 22.6 Å². The van der Waals surface area contributed by atoms with Crippen molar-refractivity contribution in [3.05, 3.63) is 33.4 Å². The summed E-state index contributed by atoms with van der Waals surface area (Å²) in [7, 11) is 0. The highest BCUT2D eigenvalue weighted by molar-refractivity contribution is 14.1. The van der Waals surface area contributed by atoms with E-state index >= 15 is 0 Å². The van der Waals surface area contributed by atoms with E-state index in [1.165, 1.54) is 47.7 Å². The van der Waals surface area contributed by atoms with E-state index in [4.69, 9.17) is 4.74 Å². The van der Waals surface area contributed by atoms with Crippen LogP contribution in [0.15, 0.2) is 24.3 Å². The van der Waals surface area contributed by atoms with E-state index in [2.05, 4.69) is 53.8 Å². The van der Waals surface area contributed by atoms with Gasteiger partial charge >= 0.3 is 0 Å². The lowest BCUT2D eigenvalue weighted by molar-refractivity contribution is 0.116. The van der Waals surface area contributed by atoms with Gasteiger partial charge in [-0.2, -0.15) is 0 Å². The Bertz CT molecular complexity index is 299. The third-order valence-corrected chi connectivity index (χ3v) is 3.91. The number of halogens is 1. The van der Waals surface area contributed by atoms with Crippen molar-refractivity contribution in [3.8, 4) is 0 Å². The fourth-order valence-corrected chi connectivity index (χ4v) is 2.33. The highest BCUT2D eigenvalue weighted by atomic mass is 127. The van der Waals surface area contributed by atoms with Crippen molar-refractivity contribution in [2.24, 2.45) is 0 Å². The minimum atomic E-state index is 0.758. The summed E-state index contributed by atoms with van der Waals surface area (Å²) in [4.78, 5) is 0. The molecule has 1 aromatic rings. The first kappa shape index (κ1) is 15.0. The van der Waals surface area contributed by atoms with Crippen molar-refractivity contribution in [2.45, 2.75) is 52.1 Å². The van der Waals surface area contributed by atoms with Crippen molar-refractivity contribution in [3.63, 3.8) is 0 Å². The van der Waals surface area contributed by atoms with Gasteiger partial charge in [0.1, 0.15) is 0 Å². The number of rotatable bonds is 9. The topological polar surface area (TPSA) is 9.23 Å². The lowest BCUT2D eigenvalue weighted by Crippen LogP contribution is -1.97. The molecule has 0 N–H and O–H groups in total. The van der Waals surface area contributed by atoms with Crippen molar-refractivity contribution < 1.29 is 4.74 Å². The van der Waals surface area contributed by atoms with E-state index in [1.807, 2.05) is 0 Å². The number of hydrogen-bond donors (Lipinski definition) is 0. The first-order valence-electron chi connectivity index (χ1n) is 6.65. The smallest absolute Gasteiger partial charge is 0.0727 e. The average Bonchev–Trinajstić information content (AvgIpc) is 2.35. The van der Waals surface area contributed by atoms with Crippen LogP contribution >= 0.6 is 22.6 Å². The van der Waals surface area contributed by atoms with E-state index in [1.54, 1.807) is 0 Å². The zero-order chi connectivity index (χ0) is 12.3. The third-order valence-electron chi connectivity index (χ3n) is 2.86. The van der Waals surface area contributed by atoms with Crippen LogP contribution in [0.2, 0.25) is 0 Å². The summed E-state index contributed by atoms with van der Waals surface area (Å²) in [5.74, 6) is 0. The van der Waals surface area contributed by atoms with E-state index in [-0.39, 0.29) is 0 Å². The maximum Gasteiger partial charge on any atom is 0.0727 e. The molecule has 0 heterocycles. The maximum atomic E-state index is 5.70. The van der Waals surface area contributed by atoms with Gasteiger partial charge in [-0.25, -0.2) is 0 Å². The lowest BCUT2D eigenvalue weighted by Gasteiger charge is -2.06. The molecule has 0 radical (unpaired) electrons. The number of unbranched alkanes of at least 4 members (excludes halogenated alkanes) is 5. The van der Waals surface area contributed by atoms with E-state index < -0.39 is 0 Å². The first-order chi connectivity index (χ1) is 8.34. The van der Waals surface area contributed by atoms with Gasteiger partial charge in [-0.05, 0) is 40.6 Å². The predicted octanol–water partition coefficient (Wildman–Crippen LogP) is 5.17. The molecule has 0 aliphatic rings. The Hall–Kier alpha value is -0.0900. The zero-order valence-corrected chi connectivity index (χ0v) is 12.9. The van der Waals surface area contributed by atoms with Gasteiger partial charge in [0.2, 0.25) is 0 Å². The quantitative estimate of drug-likeness (QED) is 0.443. The van der Waals surface area contributed by atoms with Gasteiger partial charge in [0.15, 0.2) is 0 Å². The summed E-state index contributed by atoms with van der Waals surface area (Å²) in [6.45, 7) is 3.91. The fourth-order valence-electron chi connectivity index (χ4n) is 1.78. The lowest BCUT2D eigenvalue weighted by atomic mass is 10.1. The number of hydrogen-bond acceptors (Lipinski definition) is 1. The van der Waals surface area contributed by atoms with E-state index in [0.29, 0.717) is 0 Å². The van der Waals surface area contributed by atoms with E-state index in [9.17, 15) is 0 Å².